The number of halogens is 1. The molecule has 0 spiro atoms. The van der Waals surface area contributed by atoms with Crippen molar-refractivity contribution >= 4 is 5.97 Å². The van der Waals surface area contributed by atoms with E-state index in [1.807, 2.05) is 0 Å². The van der Waals surface area contributed by atoms with Gasteiger partial charge in [0.15, 0.2) is 11.5 Å². The van der Waals surface area contributed by atoms with Crippen LogP contribution in [-0.2, 0) is 4.79 Å². The van der Waals surface area contributed by atoms with Crippen molar-refractivity contribution in [1.82, 2.24) is 0 Å². The molecule has 1 aromatic carbocycles. The first-order chi connectivity index (χ1) is 6.99. The van der Waals surface area contributed by atoms with Gasteiger partial charge in [0.2, 0.25) is 5.82 Å². The summed E-state index contributed by atoms with van der Waals surface area (Å²) in [5, 5.41) is 18.1. The number of aromatic hydroxyl groups is 1. The standard InChI is InChI=1S/C10H11FO4/c1-5(10(13)14)6-3-4-7(15-2)8(11)9(6)12/h3-5,12H,1-2H3,(H,13,14). The topological polar surface area (TPSA) is 66.8 Å². The number of rotatable bonds is 3. The van der Waals surface area contributed by atoms with Crippen LogP contribution >= 0.6 is 0 Å². The largest absolute Gasteiger partial charge is 0.505 e. The Morgan fingerprint density at radius 2 is 2.13 bits per heavy atom. The third kappa shape index (κ3) is 2.01. The lowest BCUT2D eigenvalue weighted by Crippen LogP contribution is -2.08. The minimum absolute atomic E-state index is 0.0285. The Morgan fingerprint density at radius 1 is 1.53 bits per heavy atom. The van der Waals surface area contributed by atoms with Gasteiger partial charge in [-0.05, 0) is 13.0 Å². The summed E-state index contributed by atoms with van der Waals surface area (Å²) in [4.78, 5) is 10.7. The second-order valence-corrected chi connectivity index (χ2v) is 3.08. The number of carboxylic acid groups (broad SMARTS) is 1. The Balaban J connectivity index is 3.23. The zero-order valence-corrected chi connectivity index (χ0v) is 8.32. The highest BCUT2D eigenvalue weighted by Crippen LogP contribution is 2.33. The van der Waals surface area contributed by atoms with E-state index in [1.165, 1.54) is 26.2 Å². The summed E-state index contributed by atoms with van der Waals surface area (Å²) in [6.07, 6.45) is 0. The summed E-state index contributed by atoms with van der Waals surface area (Å²) in [5.41, 5.74) is 0.0285. The first kappa shape index (κ1) is 11.3. The number of methoxy groups -OCH3 is 1. The summed E-state index contributed by atoms with van der Waals surface area (Å²) in [5.74, 6) is -3.83. The Bertz CT molecular complexity index is 389. The van der Waals surface area contributed by atoms with Crippen molar-refractivity contribution < 1.29 is 24.1 Å². The molecule has 0 amide bonds. The highest BCUT2D eigenvalue weighted by Gasteiger charge is 2.21. The molecule has 1 unspecified atom stereocenters. The average Bonchev–Trinajstić information content (AvgIpc) is 2.21. The van der Waals surface area contributed by atoms with E-state index in [1.54, 1.807) is 0 Å². The molecule has 0 radical (unpaired) electrons. The molecule has 5 heteroatoms. The number of phenolic OH excluding ortho intramolecular Hbond substituents is 1. The number of carboxylic acids is 1. The molecule has 0 bridgehead atoms. The number of hydrogen-bond acceptors (Lipinski definition) is 3. The Kier molecular flexibility index (Phi) is 3.14. The van der Waals surface area contributed by atoms with E-state index in [-0.39, 0.29) is 11.3 Å². The molecule has 0 aliphatic carbocycles. The fourth-order valence-corrected chi connectivity index (χ4v) is 1.20. The minimum Gasteiger partial charge on any atom is -0.505 e. The molecule has 0 fully saturated rings. The second kappa shape index (κ2) is 4.16. The van der Waals surface area contributed by atoms with E-state index in [4.69, 9.17) is 5.11 Å². The summed E-state index contributed by atoms with van der Waals surface area (Å²) >= 11 is 0. The van der Waals surface area contributed by atoms with Gasteiger partial charge in [0.05, 0.1) is 13.0 Å². The van der Waals surface area contributed by atoms with E-state index < -0.39 is 23.5 Å². The first-order valence-corrected chi connectivity index (χ1v) is 4.27. The smallest absolute Gasteiger partial charge is 0.310 e. The van der Waals surface area contributed by atoms with Crippen LogP contribution in [0.15, 0.2) is 12.1 Å². The highest BCUT2D eigenvalue weighted by molar-refractivity contribution is 5.76. The van der Waals surface area contributed by atoms with Crippen molar-refractivity contribution in [2.24, 2.45) is 0 Å². The van der Waals surface area contributed by atoms with Crippen LogP contribution in [0.1, 0.15) is 18.4 Å². The number of aliphatic carboxylic acids is 1. The predicted molar refractivity (Wildman–Crippen MR) is 50.7 cm³/mol. The van der Waals surface area contributed by atoms with E-state index in [9.17, 15) is 14.3 Å². The van der Waals surface area contributed by atoms with Gasteiger partial charge in [-0.2, -0.15) is 4.39 Å². The van der Waals surface area contributed by atoms with E-state index >= 15 is 0 Å². The van der Waals surface area contributed by atoms with Gasteiger partial charge in [-0.3, -0.25) is 4.79 Å². The van der Waals surface area contributed by atoms with Gasteiger partial charge >= 0.3 is 5.97 Å². The Hall–Kier alpha value is -1.78. The number of phenols is 1. The molecule has 0 heterocycles. The fourth-order valence-electron chi connectivity index (χ4n) is 1.20. The molecular weight excluding hydrogens is 203 g/mol. The third-order valence-corrected chi connectivity index (χ3v) is 2.17. The molecule has 82 valence electrons. The van der Waals surface area contributed by atoms with Crippen LogP contribution in [0.4, 0.5) is 4.39 Å². The molecule has 1 rings (SSSR count). The SMILES string of the molecule is COc1ccc(C(C)C(=O)O)c(O)c1F. The van der Waals surface area contributed by atoms with Crippen molar-refractivity contribution in [2.45, 2.75) is 12.8 Å². The molecule has 0 aromatic heterocycles. The zero-order valence-electron chi connectivity index (χ0n) is 8.32. The maximum atomic E-state index is 13.3. The monoisotopic (exact) mass is 214 g/mol. The van der Waals surface area contributed by atoms with Crippen molar-refractivity contribution in [3.8, 4) is 11.5 Å². The van der Waals surface area contributed by atoms with Gasteiger partial charge in [-0.15, -0.1) is 0 Å². The van der Waals surface area contributed by atoms with Crippen LogP contribution in [0.2, 0.25) is 0 Å². The summed E-state index contributed by atoms with van der Waals surface area (Å²) in [6, 6.07) is 2.61. The van der Waals surface area contributed by atoms with Crippen LogP contribution in [0, 0.1) is 5.82 Å². The molecule has 2 N–H and O–H groups in total. The summed E-state index contributed by atoms with van der Waals surface area (Å²) in [7, 11) is 1.26. The maximum absolute atomic E-state index is 13.3. The number of benzene rings is 1. The van der Waals surface area contributed by atoms with Gasteiger partial charge in [0, 0.05) is 5.56 Å². The Morgan fingerprint density at radius 3 is 2.60 bits per heavy atom. The van der Waals surface area contributed by atoms with Crippen molar-refractivity contribution in [1.29, 1.82) is 0 Å². The molecule has 15 heavy (non-hydrogen) atoms. The van der Waals surface area contributed by atoms with Crippen LogP contribution in [0.5, 0.6) is 11.5 Å². The molecular formula is C10H11FO4. The lowest BCUT2D eigenvalue weighted by atomic mass is 10.00. The van der Waals surface area contributed by atoms with E-state index in [0.29, 0.717) is 0 Å². The molecule has 1 aromatic rings. The quantitative estimate of drug-likeness (QED) is 0.804. The lowest BCUT2D eigenvalue weighted by molar-refractivity contribution is -0.138. The van der Waals surface area contributed by atoms with Gasteiger partial charge in [0.1, 0.15) is 0 Å². The Labute approximate surface area is 85.9 Å². The van der Waals surface area contributed by atoms with Crippen LogP contribution in [0.3, 0.4) is 0 Å². The van der Waals surface area contributed by atoms with Crippen LogP contribution in [-0.4, -0.2) is 23.3 Å². The summed E-state index contributed by atoms with van der Waals surface area (Å²) < 4.78 is 18.0. The number of carbonyl (C=O) groups is 1. The number of ether oxygens (including phenoxy) is 1. The predicted octanol–water partition coefficient (Wildman–Crippen LogP) is 1.73. The molecule has 0 aliphatic rings. The fraction of sp³-hybridized carbons (Fsp3) is 0.300. The maximum Gasteiger partial charge on any atom is 0.310 e. The van der Waals surface area contributed by atoms with Crippen molar-refractivity contribution in [3.63, 3.8) is 0 Å². The van der Waals surface area contributed by atoms with E-state index in [2.05, 4.69) is 4.74 Å². The van der Waals surface area contributed by atoms with Crippen LogP contribution < -0.4 is 4.74 Å². The van der Waals surface area contributed by atoms with Crippen molar-refractivity contribution in [3.05, 3.63) is 23.5 Å². The normalized spacial score (nSPS) is 12.2. The molecule has 1 atom stereocenters. The zero-order chi connectivity index (χ0) is 11.6. The summed E-state index contributed by atoms with van der Waals surface area (Å²) in [6.45, 7) is 1.36. The van der Waals surface area contributed by atoms with Crippen molar-refractivity contribution in [2.75, 3.05) is 7.11 Å². The lowest BCUT2D eigenvalue weighted by Gasteiger charge is -2.11. The number of hydrogen-bond donors (Lipinski definition) is 2. The van der Waals surface area contributed by atoms with Crippen LogP contribution in [0.25, 0.3) is 0 Å². The van der Waals surface area contributed by atoms with Gasteiger partial charge in [-0.25, -0.2) is 0 Å². The molecule has 0 saturated carbocycles. The molecule has 0 aliphatic heterocycles. The molecule has 0 saturated heterocycles. The van der Waals surface area contributed by atoms with Gasteiger partial charge in [0.25, 0.3) is 0 Å². The van der Waals surface area contributed by atoms with Gasteiger partial charge < -0.3 is 14.9 Å². The molecule has 4 nitrogen and oxygen atoms in total. The first-order valence-electron chi connectivity index (χ1n) is 4.27. The third-order valence-electron chi connectivity index (χ3n) is 2.17. The highest BCUT2D eigenvalue weighted by atomic mass is 19.1. The van der Waals surface area contributed by atoms with E-state index in [0.717, 1.165) is 0 Å². The minimum atomic E-state index is -1.13. The second-order valence-electron chi connectivity index (χ2n) is 3.08. The average molecular weight is 214 g/mol. The van der Waals surface area contributed by atoms with Gasteiger partial charge in [-0.1, -0.05) is 6.07 Å².